The van der Waals surface area contributed by atoms with E-state index in [9.17, 15) is 9.59 Å². The molecule has 9 nitrogen and oxygen atoms in total. The third-order valence-corrected chi connectivity index (χ3v) is 5.51. The number of benzene rings is 1. The molecule has 1 aliphatic heterocycles. The van der Waals surface area contributed by atoms with E-state index < -0.39 is 6.04 Å². The molecule has 3 aromatic rings. The summed E-state index contributed by atoms with van der Waals surface area (Å²) >= 11 is 0. The van der Waals surface area contributed by atoms with Gasteiger partial charge in [0, 0.05) is 55.9 Å². The van der Waals surface area contributed by atoms with Gasteiger partial charge in [0.15, 0.2) is 0 Å². The number of carbonyl (C=O) groups is 2. The molecule has 2 aromatic heterocycles. The number of aromatic nitrogens is 3. The van der Waals surface area contributed by atoms with Crippen molar-refractivity contribution in [3.05, 3.63) is 72.8 Å². The summed E-state index contributed by atoms with van der Waals surface area (Å²) in [5.74, 6) is -0.196. The van der Waals surface area contributed by atoms with Gasteiger partial charge in [0.05, 0.1) is 6.10 Å². The summed E-state index contributed by atoms with van der Waals surface area (Å²) in [6, 6.07) is 12.0. The lowest BCUT2D eigenvalue weighted by atomic mass is 10.2. The quantitative estimate of drug-likeness (QED) is 0.547. The second-order valence-electron chi connectivity index (χ2n) is 8.04. The van der Waals surface area contributed by atoms with Crippen LogP contribution in [-0.2, 0) is 16.1 Å². The standard InChI is InChI=1S/C24H28N6O3/c1-18(30-12-5-11-26-30)23(31)27-20-7-2-8-21(14-20)28-24(32)29(17-22-9-4-13-33-22)16-19-6-3-10-25-15-19/h2-3,5-8,10-12,14-15,18,22H,4,9,13,16-17H2,1H3,(H,27,31)(H,28,32)/t18-,22+/m0/s1. The molecule has 33 heavy (non-hydrogen) atoms. The third-order valence-electron chi connectivity index (χ3n) is 5.51. The molecule has 1 aliphatic rings. The van der Waals surface area contributed by atoms with Crippen LogP contribution in [0.25, 0.3) is 0 Å². The smallest absolute Gasteiger partial charge is 0.322 e. The van der Waals surface area contributed by atoms with Crippen molar-refractivity contribution in [2.45, 2.75) is 38.5 Å². The number of hydrogen-bond acceptors (Lipinski definition) is 5. The molecule has 2 atom stereocenters. The molecule has 0 bridgehead atoms. The summed E-state index contributed by atoms with van der Waals surface area (Å²) in [6.45, 7) is 3.43. The van der Waals surface area contributed by atoms with Gasteiger partial charge in [-0.15, -0.1) is 0 Å². The predicted molar refractivity (Wildman–Crippen MR) is 125 cm³/mol. The zero-order valence-electron chi connectivity index (χ0n) is 18.6. The lowest BCUT2D eigenvalue weighted by Crippen LogP contribution is -2.39. The fraction of sp³-hybridized carbons (Fsp3) is 0.333. The summed E-state index contributed by atoms with van der Waals surface area (Å²) in [5, 5.41) is 9.94. The van der Waals surface area contributed by atoms with Gasteiger partial charge in [-0.2, -0.15) is 5.10 Å². The van der Waals surface area contributed by atoms with Crippen molar-refractivity contribution in [2.75, 3.05) is 23.8 Å². The van der Waals surface area contributed by atoms with E-state index in [0.717, 1.165) is 25.0 Å². The van der Waals surface area contributed by atoms with Crippen molar-refractivity contribution in [1.82, 2.24) is 19.7 Å². The third kappa shape index (κ3) is 6.17. The molecule has 0 radical (unpaired) electrons. The Balaban J connectivity index is 1.42. The van der Waals surface area contributed by atoms with E-state index in [4.69, 9.17) is 4.74 Å². The Labute approximate surface area is 192 Å². The molecular weight excluding hydrogens is 420 g/mol. The highest BCUT2D eigenvalue weighted by atomic mass is 16.5. The van der Waals surface area contributed by atoms with Crippen LogP contribution >= 0.6 is 0 Å². The number of ether oxygens (including phenoxy) is 1. The Morgan fingerprint density at radius 2 is 2.03 bits per heavy atom. The first-order valence-corrected chi connectivity index (χ1v) is 11.0. The van der Waals surface area contributed by atoms with Gasteiger partial charge in [-0.25, -0.2) is 4.79 Å². The number of nitrogens with one attached hydrogen (secondary N) is 2. The monoisotopic (exact) mass is 448 g/mol. The molecule has 0 spiro atoms. The minimum atomic E-state index is -0.459. The number of rotatable bonds is 8. The SMILES string of the molecule is C[C@@H](C(=O)Nc1cccc(NC(=O)N(Cc2cccnc2)C[C@H]2CCCO2)c1)n1cccn1. The first kappa shape index (κ1) is 22.5. The van der Waals surface area contributed by atoms with Gasteiger partial charge in [0.2, 0.25) is 5.91 Å². The van der Waals surface area contributed by atoms with Crippen molar-refractivity contribution in [3.63, 3.8) is 0 Å². The Hall–Kier alpha value is -3.72. The Bertz CT molecular complexity index is 1050. The van der Waals surface area contributed by atoms with Gasteiger partial charge in [0.1, 0.15) is 6.04 Å². The van der Waals surface area contributed by atoms with Crippen molar-refractivity contribution >= 4 is 23.3 Å². The number of urea groups is 1. The molecular formula is C24H28N6O3. The van der Waals surface area contributed by atoms with Crippen molar-refractivity contribution in [2.24, 2.45) is 0 Å². The molecule has 0 unspecified atom stereocenters. The second kappa shape index (κ2) is 10.7. The second-order valence-corrected chi connectivity index (χ2v) is 8.04. The maximum atomic E-state index is 13.1. The van der Waals surface area contributed by atoms with E-state index in [2.05, 4.69) is 20.7 Å². The summed E-state index contributed by atoms with van der Waals surface area (Å²) in [5.41, 5.74) is 2.13. The van der Waals surface area contributed by atoms with E-state index in [1.54, 1.807) is 71.6 Å². The molecule has 1 aromatic carbocycles. The summed E-state index contributed by atoms with van der Waals surface area (Å²) in [6.07, 6.45) is 8.81. The van der Waals surface area contributed by atoms with Gasteiger partial charge < -0.3 is 20.3 Å². The van der Waals surface area contributed by atoms with Crippen LogP contribution in [0.5, 0.6) is 0 Å². The minimum Gasteiger partial charge on any atom is -0.376 e. The van der Waals surface area contributed by atoms with Crippen LogP contribution in [0.3, 0.4) is 0 Å². The molecule has 1 saturated heterocycles. The summed E-state index contributed by atoms with van der Waals surface area (Å²) in [7, 11) is 0. The van der Waals surface area contributed by atoms with Crippen LogP contribution in [0.4, 0.5) is 16.2 Å². The van der Waals surface area contributed by atoms with Crippen LogP contribution in [0.1, 0.15) is 31.4 Å². The molecule has 9 heteroatoms. The highest BCUT2D eigenvalue weighted by Crippen LogP contribution is 2.19. The highest BCUT2D eigenvalue weighted by molar-refractivity contribution is 5.95. The van der Waals surface area contributed by atoms with Crippen LogP contribution in [0, 0.1) is 0 Å². The molecule has 3 amide bonds. The Morgan fingerprint density at radius 3 is 2.73 bits per heavy atom. The maximum Gasteiger partial charge on any atom is 0.322 e. The lowest BCUT2D eigenvalue weighted by molar-refractivity contribution is -0.119. The molecule has 1 fully saturated rings. The van der Waals surface area contributed by atoms with Crippen molar-refractivity contribution in [3.8, 4) is 0 Å². The molecule has 3 heterocycles. The van der Waals surface area contributed by atoms with E-state index in [1.165, 1.54) is 0 Å². The molecule has 0 aliphatic carbocycles. The topological polar surface area (TPSA) is 101 Å². The Morgan fingerprint density at radius 1 is 1.18 bits per heavy atom. The van der Waals surface area contributed by atoms with Gasteiger partial charge in [-0.1, -0.05) is 12.1 Å². The molecule has 0 saturated carbocycles. The van der Waals surface area contributed by atoms with Crippen LogP contribution in [-0.4, -0.2) is 50.9 Å². The number of carbonyl (C=O) groups excluding carboxylic acids is 2. The largest absolute Gasteiger partial charge is 0.376 e. The number of amides is 3. The van der Waals surface area contributed by atoms with Crippen LogP contribution < -0.4 is 10.6 Å². The fourth-order valence-electron chi connectivity index (χ4n) is 3.72. The molecule has 2 N–H and O–H groups in total. The predicted octanol–water partition coefficient (Wildman–Crippen LogP) is 3.69. The van der Waals surface area contributed by atoms with E-state index in [-0.39, 0.29) is 18.0 Å². The lowest BCUT2D eigenvalue weighted by Gasteiger charge is -2.26. The minimum absolute atomic E-state index is 0.0295. The number of anilines is 2. The Kier molecular flexibility index (Phi) is 7.31. The molecule has 172 valence electrons. The number of nitrogens with zero attached hydrogens (tertiary/aromatic N) is 4. The summed E-state index contributed by atoms with van der Waals surface area (Å²) < 4.78 is 7.33. The maximum absolute atomic E-state index is 13.1. The van der Waals surface area contributed by atoms with E-state index in [0.29, 0.717) is 24.5 Å². The van der Waals surface area contributed by atoms with E-state index >= 15 is 0 Å². The first-order valence-electron chi connectivity index (χ1n) is 11.0. The highest BCUT2D eigenvalue weighted by Gasteiger charge is 2.23. The van der Waals surface area contributed by atoms with Gasteiger partial charge in [-0.05, 0) is 55.7 Å². The van der Waals surface area contributed by atoms with Crippen molar-refractivity contribution < 1.29 is 14.3 Å². The zero-order valence-corrected chi connectivity index (χ0v) is 18.6. The molecule has 4 rings (SSSR count). The van der Waals surface area contributed by atoms with Gasteiger partial charge >= 0.3 is 6.03 Å². The fourth-order valence-corrected chi connectivity index (χ4v) is 3.72. The zero-order chi connectivity index (χ0) is 23.0. The van der Waals surface area contributed by atoms with Crippen molar-refractivity contribution in [1.29, 1.82) is 0 Å². The first-order chi connectivity index (χ1) is 16.1. The summed E-state index contributed by atoms with van der Waals surface area (Å²) in [4.78, 5) is 31.6. The average Bonchev–Trinajstić information content (AvgIpc) is 3.54. The normalized spacial score (nSPS) is 16.2. The average molecular weight is 449 g/mol. The number of hydrogen-bond donors (Lipinski definition) is 2. The number of pyridine rings is 1. The van der Waals surface area contributed by atoms with Gasteiger partial charge in [-0.3, -0.25) is 14.5 Å². The van der Waals surface area contributed by atoms with E-state index in [1.807, 2.05) is 12.1 Å². The van der Waals surface area contributed by atoms with Gasteiger partial charge in [0.25, 0.3) is 0 Å². The van der Waals surface area contributed by atoms with Crippen LogP contribution in [0.2, 0.25) is 0 Å². The van der Waals surface area contributed by atoms with Crippen LogP contribution in [0.15, 0.2) is 67.3 Å².